The molecule has 8 heteroatoms. The number of rotatable bonds is 5. The number of urea groups is 1. The molecule has 0 bridgehead atoms. The Balaban J connectivity index is 2.11. The molecule has 24 heavy (non-hydrogen) atoms. The molecule has 3 amide bonds. The maximum atomic E-state index is 12.3. The Morgan fingerprint density at radius 2 is 1.83 bits per heavy atom. The van der Waals surface area contributed by atoms with Gasteiger partial charge in [0.2, 0.25) is 0 Å². The first-order valence-corrected chi connectivity index (χ1v) is 7.05. The monoisotopic (exact) mass is 328 g/mol. The highest BCUT2D eigenvalue weighted by Gasteiger charge is 2.12. The van der Waals surface area contributed by atoms with Crippen LogP contribution in [0.5, 0.6) is 0 Å². The number of nitrogens with zero attached hydrogens (tertiary/aromatic N) is 1. The van der Waals surface area contributed by atoms with Gasteiger partial charge in [0.05, 0.1) is 10.6 Å². The van der Waals surface area contributed by atoms with Gasteiger partial charge in [-0.2, -0.15) is 0 Å². The summed E-state index contributed by atoms with van der Waals surface area (Å²) >= 11 is 0. The van der Waals surface area contributed by atoms with Crippen molar-refractivity contribution in [3.63, 3.8) is 0 Å². The van der Waals surface area contributed by atoms with E-state index in [1.165, 1.54) is 12.1 Å². The van der Waals surface area contributed by atoms with Crippen molar-refractivity contribution in [3.8, 4) is 0 Å². The number of carbonyl (C=O) groups is 2. The fourth-order valence-corrected chi connectivity index (χ4v) is 2.02. The molecule has 0 fully saturated rings. The summed E-state index contributed by atoms with van der Waals surface area (Å²) in [6, 6.07) is 10.2. The highest BCUT2D eigenvalue weighted by atomic mass is 16.6. The number of hydrogen-bond acceptors (Lipinski definition) is 4. The molecule has 0 aliphatic heterocycles. The normalized spacial score (nSPS) is 10.0. The van der Waals surface area contributed by atoms with Crippen LogP contribution < -0.4 is 16.4 Å². The van der Waals surface area contributed by atoms with Crippen LogP contribution >= 0.6 is 0 Å². The molecule has 0 aromatic heterocycles. The van der Waals surface area contributed by atoms with Gasteiger partial charge in [-0.15, -0.1) is 0 Å². The zero-order valence-electron chi connectivity index (χ0n) is 12.9. The zero-order valence-corrected chi connectivity index (χ0v) is 12.9. The molecule has 0 heterocycles. The Kier molecular flexibility index (Phi) is 5.10. The molecule has 2 aromatic rings. The third kappa shape index (κ3) is 4.29. The minimum Gasteiger partial charge on any atom is -0.352 e. The van der Waals surface area contributed by atoms with Gasteiger partial charge in [0, 0.05) is 24.2 Å². The van der Waals surface area contributed by atoms with Crippen molar-refractivity contribution >= 4 is 23.3 Å². The van der Waals surface area contributed by atoms with Gasteiger partial charge < -0.3 is 16.4 Å². The second-order valence-electron chi connectivity index (χ2n) is 5.13. The first-order chi connectivity index (χ1) is 11.4. The number of aryl methyl sites for hydroxylation is 1. The Morgan fingerprint density at radius 1 is 1.17 bits per heavy atom. The molecule has 124 valence electrons. The van der Waals surface area contributed by atoms with E-state index in [9.17, 15) is 19.7 Å². The van der Waals surface area contributed by atoms with Crippen molar-refractivity contribution in [2.45, 2.75) is 13.5 Å². The van der Waals surface area contributed by atoms with E-state index >= 15 is 0 Å². The summed E-state index contributed by atoms with van der Waals surface area (Å²) in [5, 5.41) is 15.9. The van der Waals surface area contributed by atoms with Crippen molar-refractivity contribution in [1.29, 1.82) is 0 Å². The van der Waals surface area contributed by atoms with Gasteiger partial charge in [-0.3, -0.25) is 14.9 Å². The molecule has 0 atom stereocenters. The first kappa shape index (κ1) is 16.9. The van der Waals surface area contributed by atoms with Gasteiger partial charge in [-0.05, 0) is 30.2 Å². The molecule has 0 saturated heterocycles. The van der Waals surface area contributed by atoms with Gasteiger partial charge in [0.1, 0.15) is 0 Å². The lowest BCUT2D eigenvalue weighted by Crippen LogP contribution is -2.28. The third-order valence-corrected chi connectivity index (χ3v) is 3.36. The average molecular weight is 328 g/mol. The summed E-state index contributed by atoms with van der Waals surface area (Å²) in [5.74, 6) is -0.381. The SMILES string of the molecule is Cc1ccc([N+](=O)[O-])cc1NC(=O)c1ccc(CNC(N)=O)cc1. The van der Waals surface area contributed by atoms with Crippen molar-refractivity contribution in [2.75, 3.05) is 5.32 Å². The van der Waals surface area contributed by atoms with Crippen LogP contribution in [0.15, 0.2) is 42.5 Å². The van der Waals surface area contributed by atoms with E-state index in [1.807, 2.05) is 0 Å². The van der Waals surface area contributed by atoms with Crippen LogP contribution in [0.4, 0.5) is 16.2 Å². The lowest BCUT2D eigenvalue weighted by atomic mass is 10.1. The Bertz CT molecular complexity index is 787. The van der Waals surface area contributed by atoms with E-state index < -0.39 is 11.0 Å². The minimum atomic E-state index is -0.627. The van der Waals surface area contributed by atoms with Gasteiger partial charge >= 0.3 is 6.03 Å². The van der Waals surface area contributed by atoms with Crippen LogP contribution in [0.25, 0.3) is 0 Å². The molecule has 0 aliphatic carbocycles. The summed E-state index contributed by atoms with van der Waals surface area (Å²) in [7, 11) is 0. The van der Waals surface area contributed by atoms with Gasteiger partial charge in [0.25, 0.3) is 11.6 Å². The summed E-state index contributed by atoms with van der Waals surface area (Å²) < 4.78 is 0. The molecule has 2 aromatic carbocycles. The number of amides is 3. The predicted molar refractivity (Wildman–Crippen MR) is 88.7 cm³/mol. The molecule has 0 saturated carbocycles. The fraction of sp³-hybridized carbons (Fsp3) is 0.125. The summed E-state index contributed by atoms with van der Waals surface area (Å²) in [5.41, 5.74) is 7.18. The lowest BCUT2D eigenvalue weighted by Gasteiger charge is -2.09. The standard InChI is InChI=1S/C16H16N4O4/c1-10-2-7-13(20(23)24)8-14(10)19-15(21)12-5-3-11(4-6-12)9-18-16(17)22/h2-8H,9H2,1H3,(H,19,21)(H3,17,18,22). The van der Waals surface area contributed by atoms with Crippen molar-refractivity contribution in [1.82, 2.24) is 5.32 Å². The number of hydrogen-bond donors (Lipinski definition) is 3. The lowest BCUT2D eigenvalue weighted by molar-refractivity contribution is -0.384. The number of primary amides is 1. The van der Waals surface area contributed by atoms with E-state index in [4.69, 9.17) is 5.73 Å². The Labute approximate surface area is 137 Å². The van der Waals surface area contributed by atoms with Crippen molar-refractivity contribution in [3.05, 3.63) is 69.3 Å². The third-order valence-electron chi connectivity index (χ3n) is 3.36. The first-order valence-electron chi connectivity index (χ1n) is 7.05. The van der Waals surface area contributed by atoms with Gasteiger partial charge in [-0.25, -0.2) is 4.79 Å². The van der Waals surface area contributed by atoms with E-state index in [2.05, 4.69) is 10.6 Å². The molecular formula is C16H16N4O4. The van der Waals surface area contributed by atoms with Crippen LogP contribution in [0.3, 0.4) is 0 Å². The van der Waals surface area contributed by atoms with Gasteiger partial charge in [-0.1, -0.05) is 18.2 Å². The summed E-state index contributed by atoms with van der Waals surface area (Å²) in [6.45, 7) is 2.01. The summed E-state index contributed by atoms with van der Waals surface area (Å²) in [4.78, 5) is 33.2. The maximum absolute atomic E-state index is 12.3. The second-order valence-corrected chi connectivity index (χ2v) is 5.13. The van der Waals surface area contributed by atoms with Crippen LogP contribution in [0.1, 0.15) is 21.5 Å². The van der Waals surface area contributed by atoms with E-state index in [0.29, 0.717) is 11.3 Å². The van der Waals surface area contributed by atoms with E-state index in [1.54, 1.807) is 37.3 Å². The number of benzene rings is 2. The van der Waals surface area contributed by atoms with Crippen LogP contribution in [-0.4, -0.2) is 16.9 Å². The molecule has 0 aliphatic rings. The number of carbonyl (C=O) groups excluding carboxylic acids is 2. The van der Waals surface area contributed by atoms with Crippen LogP contribution in [-0.2, 0) is 6.54 Å². The van der Waals surface area contributed by atoms with E-state index in [-0.39, 0.29) is 18.1 Å². The quantitative estimate of drug-likeness (QED) is 0.575. The Hall–Kier alpha value is -3.42. The summed E-state index contributed by atoms with van der Waals surface area (Å²) in [6.07, 6.45) is 0. The molecule has 8 nitrogen and oxygen atoms in total. The molecule has 0 radical (unpaired) electrons. The van der Waals surface area contributed by atoms with Crippen LogP contribution in [0.2, 0.25) is 0 Å². The van der Waals surface area contributed by atoms with E-state index in [0.717, 1.165) is 11.1 Å². The Morgan fingerprint density at radius 3 is 2.42 bits per heavy atom. The molecule has 0 spiro atoms. The zero-order chi connectivity index (χ0) is 17.7. The highest BCUT2D eigenvalue weighted by Crippen LogP contribution is 2.22. The number of nitrogens with two attached hydrogens (primary N) is 1. The molecule has 4 N–H and O–H groups in total. The maximum Gasteiger partial charge on any atom is 0.312 e. The number of nitro groups is 1. The average Bonchev–Trinajstić information content (AvgIpc) is 2.55. The molecule has 0 unspecified atom stereocenters. The smallest absolute Gasteiger partial charge is 0.312 e. The van der Waals surface area contributed by atoms with Crippen molar-refractivity contribution in [2.24, 2.45) is 5.73 Å². The molecule has 2 rings (SSSR count). The topological polar surface area (TPSA) is 127 Å². The highest BCUT2D eigenvalue weighted by molar-refractivity contribution is 6.04. The van der Waals surface area contributed by atoms with Gasteiger partial charge in [0.15, 0.2) is 0 Å². The second kappa shape index (κ2) is 7.23. The predicted octanol–water partition coefficient (Wildman–Crippen LogP) is 2.32. The van der Waals surface area contributed by atoms with Crippen molar-refractivity contribution < 1.29 is 14.5 Å². The fourth-order valence-electron chi connectivity index (χ4n) is 2.02. The number of nitrogens with one attached hydrogen (secondary N) is 2. The number of nitro benzene ring substituents is 1. The largest absolute Gasteiger partial charge is 0.352 e. The number of non-ortho nitro benzene ring substituents is 1. The number of anilines is 1. The minimum absolute atomic E-state index is 0.0937. The van der Waals surface area contributed by atoms with Crippen LogP contribution in [0, 0.1) is 17.0 Å². The molecular weight excluding hydrogens is 312 g/mol.